The summed E-state index contributed by atoms with van der Waals surface area (Å²) >= 11 is 0. The van der Waals surface area contributed by atoms with Crippen LogP contribution in [0.2, 0.25) is 0 Å². The average molecular weight is 278 g/mol. The van der Waals surface area contributed by atoms with Crippen LogP contribution in [0.15, 0.2) is 29.1 Å². The lowest BCUT2D eigenvalue weighted by Crippen LogP contribution is -2.25. The van der Waals surface area contributed by atoms with Crippen molar-refractivity contribution < 1.29 is 9.47 Å². The Hall–Kier alpha value is -1.59. The van der Waals surface area contributed by atoms with Gasteiger partial charge in [0.1, 0.15) is 0 Å². The van der Waals surface area contributed by atoms with E-state index in [9.17, 15) is 4.79 Å². The first-order chi connectivity index (χ1) is 9.79. The number of hydrogen-bond acceptors (Lipinski definition) is 3. The minimum atomic E-state index is 0.0363. The van der Waals surface area contributed by atoms with E-state index in [1.807, 2.05) is 31.2 Å². The third kappa shape index (κ3) is 3.11. The topological polar surface area (TPSA) is 45.4 Å². The Balaban J connectivity index is 2.06. The van der Waals surface area contributed by atoms with Crippen LogP contribution in [0.3, 0.4) is 0 Å². The van der Waals surface area contributed by atoms with Gasteiger partial charge in [0.15, 0.2) is 0 Å². The fraction of sp³-hybridized carbons (Fsp3) is 0.533. The van der Waals surface area contributed by atoms with Gasteiger partial charge in [0.2, 0.25) is 0 Å². The number of rotatable bonds is 8. The number of fused-ring (bicyclic) bond motifs is 1. The molecule has 0 atom stereocenters. The normalized spacial score (nSPS) is 11.3. The summed E-state index contributed by atoms with van der Waals surface area (Å²) in [5.41, 5.74) is 1.99. The zero-order valence-electron chi connectivity index (χ0n) is 12.2. The molecule has 0 unspecified atom stereocenters. The Bertz CT molecular complexity index is 601. The van der Waals surface area contributed by atoms with Gasteiger partial charge in [-0.1, -0.05) is 12.1 Å². The Kier molecular flexibility index (Phi) is 5.38. The second-order valence-corrected chi connectivity index (χ2v) is 4.63. The van der Waals surface area contributed by atoms with Crippen LogP contribution in [0, 0.1) is 0 Å². The highest BCUT2D eigenvalue weighted by Crippen LogP contribution is 2.12. The molecule has 0 spiro atoms. The predicted molar refractivity (Wildman–Crippen MR) is 79.2 cm³/mol. The molecule has 0 amide bonds. The molecular formula is C15H22N2O3. The third-order valence-electron chi connectivity index (χ3n) is 3.34. The Labute approximate surface area is 118 Å². The number of nitrogens with zero attached hydrogens (tertiary/aromatic N) is 2. The van der Waals surface area contributed by atoms with Gasteiger partial charge in [0.05, 0.1) is 24.2 Å². The molecule has 1 aromatic heterocycles. The van der Waals surface area contributed by atoms with Gasteiger partial charge in [-0.2, -0.15) is 0 Å². The van der Waals surface area contributed by atoms with Crippen LogP contribution in [0.4, 0.5) is 0 Å². The van der Waals surface area contributed by atoms with Gasteiger partial charge in [-0.25, -0.2) is 4.79 Å². The average Bonchev–Trinajstić information content (AvgIpc) is 2.74. The highest BCUT2D eigenvalue weighted by Gasteiger charge is 2.10. The summed E-state index contributed by atoms with van der Waals surface area (Å²) in [6.45, 7) is 5.16. The van der Waals surface area contributed by atoms with Crippen molar-refractivity contribution in [1.82, 2.24) is 9.13 Å². The molecule has 0 bridgehead atoms. The molecule has 0 aliphatic heterocycles. The molecule has 110 valence electrons. The first-order valence-corrected chi connectivity index (χ1v) is 7.04. The van der Waals surface area contributed by atoms with Crippen LogP contribution in [-0.4, -0.2) is 36.1 Å². The molecule has 0 saturated carbocycles. The van der Waals surface area contributed by atoms with Crippen LogP contribution in [0.25, 0.3) is 11.0 Å². The van der Waals surface area contributed by atoms with Crippen molar-refractivity contribution in [3.8, 4) is 0 Å². The standard InChI is InChI=1S/C15H22N2O3/c1-3-16-13-7-4-5-8-14(13)17(15(16)18)9-12-20-11-6-10-19-2/h4-5,7-8H,3,6,9-12H2,1-2H3. The maximum absolute atomic E-state index is 12.3. The van der Waals surface area contributed by atoms with Gasteiger partial charge < -0.3 is 9.47 Å². The van der Waals surface area contributed by atoms with Gasteiger partial charge in [-0.3, -0.25) is 9.13 Å². The third-order valence-corrected chi connectivity index (χ3v) is 3.34. The summed E-state index contributed by atoms with van der Waals surface area (Å²) in [5.74, 6) is 0. The maximum Gasteiger partial charge on any atom is 0.329 e. The lowest BCUT2D eigenvalue weighted by molar-refractivity contribution is 0.0976. The summed E-state index contributed by atoms with van der Waals surface area (Å²) in [4.78, 5) is 12.3. The van der Waals surface area contributed by atoms with Crippen molar-refractivity contribution in [1.29, 1.82) is 0 Å². The number of hydrogen-bond donors (Lipinski definition) is 0. The number of benzene rings is 1. The van der Waals surface area contributed by atoms with E-state index in [2.05, 4.69) is 0 Å². The summed E-state index contributed by atoms with van der Waals surface area (Å²) in [6, 6.07) is 7.88. The fourth-order valence-corrected chi connectivity index (χ4v) is 2.36. The maximum atomic E-state index is 12.3. The minimum absolute atomic E-state index is 0.0363. The van der Waals surface area contributed by atoms with Gasteiger partial charge >= 0.3 is 5.69 Å². The van der Waals surface area contributed by atoms with Crippen molar-refractivity contribution in [3.05, 3.63) is 34.7 Å². The van der Waals surface area contributed by atoms with Gasteiger partial charge in [0.25, 0.3) is 0 Å². The summed E-state index contributed by atoms with van der Waals surface area (Å²) in [6.07, 6.45) is 0.877. The molecule has 5 heteroatoms. The van der Waals surface area contributed by atoms with Crippen molar-refractivity contribution >= 4 is 11.0 Å². The lowest BCUT2D eigenvalue weighted by atomic mass is 10.3. The smallest absolute Gasteiger partial charge is 0.329 e. The number of imidazole rings is 1. The van der Waals surface area contributed by atoms with Crippen LogP contribution < -0.4 is 5.69 Å². The van der Waals surface area contributed by atoms with Crippen molar-refractivity contribution in [3.63, 3.8) is 0 Å². The quantitative estimate of drug-likeness (QED) is 0.693. The SMILES string of the molecule is CCn1c(=O)n(CCOCCCOC)c2ccccc21. The molecule has 0 saturated heterocycles. The van der Waals surface area contributed by atoms with E-state index in [0.717, 1.165) is 17.5 Å². The molecular weight excluding hydrogens is 256 g/mol. The zero-order valence-corrected chi connectivity index (χ0v) is 12.2. The van der Waals surface area contributed by atoms with E-state index in [0.29, 0.717) is 32.9 Å². The number of para-hydroxylation sites is 2. The summed E-state index contributed by atoms with van der Waals surface area (Å²) < 4.78 is 14.1. The zero-order chi connectivity index (χ0) is 14.4. The highest BCUT2D eigenvalue weighted by molar-refractivity contribution is 5.75. The lowest BCUT2D eigenvalue weighted by Gasteiger charge is -2.05. The molecule has 0 radical (unpaired) electrons. The van der Waals surface area contributed by atoms with Gasteiger partial charge in [0, 0.05) is 26.9 Å². The van der Waals surface area contributed by atoms with E-state index in [-0.39, 0.29) is 5.69 Å². The molecule has 0 aliphatic carbocycles. The van der Waals surface area contributed by atoms with E-state index in [1.165, 1.54) is 0 Å². The monoisotopic (exact) mass is 278 g/mol. The molecule has 2 rings (SSSR count). The second kappa shape index (κ2) is 7.26. The number of aryl methyl sites for hydroxylation is 1. The molecule has 0 fully saturated rings. The molecule has 0 aliphatic rings. The molecule has 1 heterocycles. The summed E-state index contributed by atoms with van der Waals surface area (Å²) in [5, 5.41) is 0. The number of methoxy groups -OCH3 is 1. The first kappa shape index (κ1) is 14.8. The van der Waals surface area contributed by atoms with Crippen LogP contribution >= 0.6 is 0 Å². The molecule has 2 aromatic rings. The van der Waals surface area contributed by atoms with Crippen molar-refractivity contribution in [2.24, 2.45) is 0 Å². The van der Waals surface area contributed by atoms with E-state index < -0.39 is 0 Å². The number of ether oxygens (including phenoxy) is 2. The summed E-state index contributed by atoms with van der Waals surface area (Å²) in [7, 11) is 1.68. The molecule has 20 heavy (non-hydrogen) atoms. The van der Waals surface area contributed by atoms with Crippen molar-refractivity contribution in [2.45, 2.75) is 26.4 Å². The van der Waals surface area contributed by atoms with E-state index in [4.69, 9.17) is 9.47 Å². The second-order valence-electron chi connectivity index (χ2n) is 4.63. The fourth-order valence-electron chi connectivity index (χ4n) is 2.36. The van der Waals surface area contributed by atoms with Crippen LogP contribution in [0.5, 0.6) is 0 Å². The van der Waals surface area contributed by atoms with Gasteiger partial charge in [-0.05, 0) is 25.5 Å². The van der Waals surface area contributed by atoms with E-state index in [1.54, 1.807) is 16.2 Å². The number of aromatic nitrogens is 2. The van der Waals surface area contributed by atoms with Gasteiger partial charge in [-0.15, -0.1) is 0 Å². The predicted octanol–water partition coefficient (Wildman–Crippen LogP) is 1.88. The Morgan fingerprint density at radius 3 is 2.40 bits per heavy atom. The first-order valence-electron chi connectivity index (χ1n) is 7.04. The van der Waals surface area contributed by atoms with E-state index >= 15 is 0 Å². The molecule has 5 nitrogen and oxygen atoms in total. The van der Waals surface area contributed by atoms with Crippen molar-refractivity contribution in [2.75, 3.05) is 26.9 Å². The van der Waals surface area contributed by atoms with Crippen LogP contribution in [-0.2, 0) is 22.6 Å². The highest BCUT2D eigenvalue weighted by atomic mass is 16.5. The molecule has 0 N–H and O–H groups in total. The van der Waals surface area contributed by atoms with Crippen LogP contribution in [0.1, 0.15) is 13.3 Å². The minimum Gasteiger partial charge on any atom is -0.385 e. The molecule has 1 aromatic carbocycles. The Morgan fingerprint density at radius 2 is 1.75 bits per heavy atom. The largest absolute Gasteiger partial charge is 0.385 e. The Morgan fingerprint density at radius 1 is 1.05 bits per heavy atom.